The zero-order valence-electron chi connectivity index (χ0n) is 36.7. The van der Waals surface area contributed by atoms with E-state index in [-0.39, 0.29) is 0 Å². The Morgan fingerprint density at radius 2 is 0.806 bits per heavy atom. The number of anilines is 3. The molecule has 2 nitrogen and oxygen atoms in total. The Bertz CT molecular complexity index is 3730. The molecule has 1 aliphatic rings. The monoisotopic (exact) mass is 853 g/mol. The van der Waals surface area contributed by atoms with Gasteiger partial charge in [-0.25, -0.2) is 0 Å². The fourth-order valence-electron chi connectivity index (χ4n) is 11.0. The van der Waals surface area contributed by atoms with Crippen molar-refractivity contribution in [2.45, 2.75) is 5.41 Å². The van der Waals surface area contributed by atoms with Crippen LogP contribution in [0.1, 0.15) is 22.3 Å². The highest BCUT2D eigenvalue weighted by atomic mass is 16.3. The molecule has 0 radical (unpaired) electrons. The fraction of sp³-hybridized carbons (Fsp3) is 0.0154. The molecule has 67 heavy (non-hydrogen) atoms. The van der Waals surface area contributed by atoms with Crippen LogP contribution in [0.4, 0.5) is 17.1 Å². The van der Waals surface area contributed by atoms with Gasteiger partial charge in [0.05, 0.1) is 11.1 Å². The molecule has 0 saturated heterocycles. The Hall–Kier alpha value is -8.72. The summed E-state index contributed by atoms with van der Waals surface area (Å²) in [6.45, 7) is 0. The van der Waals surface area contributed by atoms with E-state index < -0.39 is 5.41 Å². The van der Waals surface area contributed by atoms with E-state index in [4.69, 9.17) is 4.42 Å². The van der Waals surface area contributed by atoms with Gasteiger partial charge in [-0.2, -0.15) is 0 Å². The van der Waals surface area contributed by atoms with Crippen LogP contribution >= 0.6 is 0 Å². The number of hydrogen-bond acceptors (Lipinski definition) is 2. The predicted molar refractivity (Wildman–Crippen MR) is 280 cm³/mol. The first-order valence-corrected chi connectivity index (χ1v) is 23.1. The molecule has 1 aromatic heterocycles. The molecule has 1 aliphatic carbocycles. The Morgan fingerprint density at radius 1 is 0.299 bits per heavy atom. The van der Waals surface area contributed by atoms with Crippen molar-refractivity contribution in [1.82, 2.24) is 0 Å². The van der Waals surface area contributed by atoms with Crippen molar-refractivity contribution >= 4 is 49.8 Å². The van der Waals surface area contributed by atoms with E-state index in [0.29, 0.717) is 0 Å². The molecule has 0 atom stereocenters. The highest BCUT2D eigenvalue weighted by molar-refractivity contribution is 6.22. The number of hydrogen-bond donors (Lipinski definition) is 0. The van der Waals surface area contributed by atoms with Crippen LogP contribution in [0.5, 0.6) is 0 Å². The van der Waals surface area contributed by atoms with E-state index in [1.807, 2.05) is 0 Å². The number of benzene rings is 11. The summed E-state index contributed by atoms with van der Waals surface area (Å²) in [5.74, 6) is 0. The molecule has 0 bridgehead atoms. The second-order valence-corrected chi connectivity index (χ2v) is 17.5. The maximum atomic E-state index is 7.32. The summed E-state index contributed by atoms with van der Waals surface area (Å²) in [6, 6.07) is 94.9. The van der Waals surface area contributed by atoms with Crippen molar-refractivity contribution in [2.24, 2.45) is 0 Å². The summed E-state index contributed by atoms with van der Waals surface area (Å²) in [4.78, 5) is 2.45. The zero-order valence-corrected chi connectivity index (χ0v) is 36.7. The molecule has 0 spiro atoms. The van der Waals surface area contributed by atoms with E-state index in [0.717, 1.165) is 61.1 Å². The average molecular weight is 854 g/mol. The second-order valence-electron chi connectivity index (χ2n) is 17.5. The first-order valence-electron chi connectivity index (χ1n) is 23.1. The van der Waals surface area contributed by atoms with Crippen LogP contribution in [0.15, 0.2) is 265 Å². The zero-order chi connectivity index (χ0) is 44.3. The molecule has 11 aromatic carbocycles. The highest BCUT2D eigenvalue weighted by Gasteiger charge is 2.46. The maximum absolute atomic E-state index is 7.32. The normalized spacial score (nSPS) is 12.6. The van der Waals surface area contributed by atoms with Gasteiger partial charge in [-0.15, -0.1) is 0 Å². The van der Waals surface area contributed by atoms with Crippen molar-refractivity contribution in [3.8, 4) is 44.5 Å². The molecule has 0 saturated carbocycles. The SMILES string of the molecule is c1ccc(-c2ccc(N(c3ccc4c(c3)C(c3ccccc3)(c3ccccc3)c3ccccc3-4)c3ccc4c(oc5c6ccccc6c(-c6ccccc6)cc45)c3-c3ccccc3)cc2)cc1. The molecule has 13 rings (SSSR count). The predicted octanol–water partition coefficient (Wildman–Crippen LogP) is 17.6. The molecule has 2 heteroatoms. The Labute approximate surface area is 390 Å². The van der Waals surface area contributed by atoms with Crippen LogP contribution in [0.2, 0.25) is 0 Å². The van der Waals surface area contributed by atoms with Crippen LogP contribution < -0.4 is 4.90 Å². The van der Waals surface area contributed by atoms with Crippen molar-refractivity contribution in [3.63, 3.8) is 0 Å². The van der Waals surface area contributed by atoms with Gasteiger partial charge >= 0.3 is 0 Å². The summed E-state index contributed by atoms with van der Waals surface area (Å²) in [7, 11) is 0. The molecule has 1 heterocycles. The Kier molecular flexibility index (Phi) is 9.11. The molecule has 0 amide bonds. The lowest BCUT2D eigenvalue weighted by molar-refractivity contribution is 0.674. The van der Waals surface area contributed by atoms with E-state index in [1.54, 1.807) is 0 Å². The van der Waals surface area contributed by atoms with Gasteiger partial charge in [0.1, 0.15) is 11.2 Å². The quantitative estimate of drug-likeness (QED) is 0.151. The van der Waals surface area contributed by atoms with Gasteiger partial charge < -0.3 is 9.32 Å². The largest absolute Gasteiger partial charge is 0.455 e. The Balaban J connectivity index is 1.11. The molecule has 0 N–H and O–H groups in total. The van der Waals surface area contributed by atoms with Crippen LogP contribution in [0.25, 0.3) is 77.2 Å². The van der Waals surface area contributed by atoms with E-state index >= 15 is 0 Å². The topological polar surface area (TPSA) is 16.4 Å². The smallest absolute Gasteiger partial charge is 0.145 e. The van der Waals surface area contributed by atoms with Gasteiger partial charge in [-0.1, -0.05) is 218 Å². The standard InChI is InChI=1S/C65H43NO/c1-6-20-44(21-7-1)45-34-36-50(37-35-45)66(51-38-39-54-53-31-18-19-33-59(53)65(60(54)42-51,48-26-12-4-13-27-48)49-28-14-5-15-29-49)61-41-40-56-58-43-57(46-22-8-2-9-23-46)52-30-16-17-32-55(52)63(58)67-64(56)62(61)47-24-10-3-11-25-47/h1-43H. The van der Waals surface area contributed by atoms with Gasteiger partial charge in [0.25, 0.3) is 0 Å². The van der Waals surface area contributed by atoms with Gasteiger partial charge in [0, 0.05) is 33.1 Å². The molecule has 0 unspecified atom stereocenters. The molecule has 0 fully saturated rings. The lowest BCUT2D eigenvalue weighted by atomic mass is 9.67. The summed E-state index contributed by atoms with van der Waals surface area (Å²) in [5, 5.41) is 4.44. The van der Waals surface area contributed by atoms with Gasteiger partial charge in [0.15, 0.2) is 0 Å². The second kappa shape index (κ2) is 15.8. The average Bonchev–Trinajstić information content (AvgIpc) is 3.94. The minimum Gasteiger partial charge on any atom is -0.455 e. The van der Waals surface area contributed by atoms with Crippen LogP contribution in [0, 0.1) is 0 Å². The first kappa shape index (κ1) is 38.7. The number of nitrogens with zero attached hydrogens (tertiary/aromatic N) is 1. The van der Waals surface area contributed by atoms with Gasteiger partial charge in [-0.05, 0) is 109 Å². The molecular formula is C65H43NO. The number of furan rings is 1. The third kappa shape index (κ3) is 6.11. The molecule has 12 aromatic rings. The molecular weight excluding hydrogens is 811 g/mol. The van der Waals surface area contributed by atoms with E-state index in [2.05, 4.69) is 266 Å². The first-order chi connectivity index (χ1) is 33.3. The van der Waals surface area contributed by atoms with Crippen LogP contribution in [-0.2, 0) is 5.41 Å². The molecule has 314 valence electrons. The number of rotatable bonds is 8. The van der Waals surface area contributed by atoms with Crippen molar-refractivity contribution in [1.29, 1.82) is 0 Å². The summed E-state index contributed by atoms with van der Waals surface area (Å²) >= 11 is 0. The van der Waals surface area contributed by atoms with Crippen LogP contribution in [0.3, 0.4) is 0 Å². The van der Waals surface area contributed by atoms with Gasteiger partial charge in [-0.3, -0.25) is 0 Å². The minimum absolute atomic E-state index is 0.560. The van der Waals surface area contributed by atoms with E-state index in [9.17, 15) is 0 Å². The van der Waals surface area contributed by atoms with Gasteiger partial charge in [0.2, 0.25) is 0 Å². The summed E-state index contributed by atoms with van der Waals surface area (Å²) in [6.07, 6.45) is 0. The third-order valence-corrected chi connectivity index (χ3v) is 13.9. The van der Waals surface area contributed by atoms with Crippen molar-refractivity contribution in [3.05, 3.63) is 283 Å². The minimum atomic E-state index is -0.560. The third-order valence-electron chi connectivity index (χ3n) is 13.9. The van der Waals surface area contributed by atoms with Crippen LogP contribution in [-0.4, -0.2) is 0 Å². The van der Waals surface area contributed by atoms with Crippen molar-refractivity contribution in [2.75, 3.05) is 4.90 Å². The lowest BCUT2D eigenvalue weighted by Gasteiger charge is -2.35. The lowest BCUT2D eigenvalue weighted by Crippen LogP contribution is -2.28. The maximum Gasteiger partial charge on any atom is 0.145 e. The van der Waals surface area contributed by atoms with E-state index in [1.165, 1.54) is 55.5 Å². The highest BCUT2D eigenvalue weighted by Crippen LogP contribution is 2.58. The summed E-state index contributed by atoms with van der Waals surface area (Å²) < 4.78 is 7.32. The van der Waals surface area contributed by atoms with Crippen molar-refractivity contribution < 1.29 is 4.42 Å². The number of fused-ring (bicyclic) bond motifs is 8. The Morgan fingerprint density at radius 3 is 1.48 bits per heavy atom. The summed E-state index contributed by atoms with van der Waals surface area (Å²) in [5.41, 5.74) is 18.7. The molecule has 0 aliphatic heterocycles. The fourth-order valence-corrected chi connectivity index (χ4v) is 11.0.